The number of benzene rings is 4. The third kappa shape index (κ3) is 2.01. The van der Waals surface area contributed by atoms with Crippen LogP contribution in [0.15, 0.2) is 97.1 Å². The van der Waals surface area contributed by atoms with Gasteiger partial charge in [0.15, 0.2) is 5.65 Å². The maximum Gasteiger partial charge on any atom is 0.158 e. The lowest BCUT2D eigenvalue weighted by molar-refractivity contribution is 1.31. The van der Waals surface area contributed by atoms with Crippen LogP contribution < -0.4 is 0 Å². The predicted molar refractivity (Wildman–Crippen MR) is 125 cm³/mol. The van der Waals surface area contributed by atoms with E-state index in [9.17, 15) is 0 Å². The number of H-pyrrole nitrogens is 1. The average molecular weight is 383 g/mol. The lowest BCUT2D eigenvalue weighted by atomic mass is 10.0. The van der Waals surface area contributed by atoms with Gasteiger partial charge in [0, 0.05) is 21.7 Å². The predicted octanol–water partition coefficient (Wildman–Crippen LogP) is 6.94. The van der Waals surface area contributed by atoms with Crippen molar-refractivity contribution < 1.29 is 0 Å². The first-order valence-corrected chi connectivity index (χ1v) is 10.2. The van der Waals surface area contributed by atoms with Gasteiger partial charge in [-0.3, -0.25) is 4.40 Å². The molecule has 0 aliphatic rings. The van der Waals surface area contributed by atoms with Gasteiger partial charge in [0.25, 0.3) is 0 Å². The van der Waals surface area contributed by atoms with E-state index in [4.69, 9.17) is 4.98 Å². The van der Waals surface area contributed by atoms with Crippen LogP contribution in [0.25, 0.3) is 60.5 Å². The number of imidazole rings is 1. The highest BCUT2D eigenvalue weighted by atomic mass is 15.1. The first-order chi connectivity index (χ1) is 14.9. The Morgan fingerprint density at radius 2 is 1.33 bits per heavy atom. The van der Waals surface area contributed by atoms with Crippen molar-refractivity contribution in [3.05, 3.63) is 97.1 Å². The van der Waals surface area contributed by atoms with E-state index >= 15 is 0 Å². The minimum Gasteiger partial charge on any atom is -0.338 e. The number of rotatable bonds is 1. The Labute approximate surface area is 172 Å². The molecule has 3 aromatic heterocycles. The first-order valence-electron chi connectivity index (χ1n) is 10.2. The Kier molecular flexibility index (Phi) is 3.00. The molecule has 0 bridgehead atoms. The number of aromatic amines is 1. The van der Waals surface area contributed by atoms with Gasteiger partial charge in [0.2, 0.25) is 0 Å². The fourth-order valence-electron chi connectivity index (χ4n) is 4.77. The van der Waals surface area contributed by atoms with Crippen LogP contribution in [0.5, 0.6) is 0 Å². The highest BCUT2D eigenvalue weighted by molar-refractivity contribution is 6.16. The molecule has 4 aromatic carbocycles. The summed E-state index contributed by atoms with van der Waals surface area (Å²) >= 11 is 0. The van der Waals surface area contributed by atoms with E-state index in [0.29, 0.717) is 0 Å². The van der Waals surface area contributed by atoms with Gasteiger partial charge in [0.1, 0.15) is 5.65 Å². The number of hydrogen-bond donors (Lipinski definition) is 1. The Morgan fingerprint density at radius 3 is 2.20 bits per heavy atom. The summed E-state index contributed by atoms with van der Waals surface area (Å²) in [4.78, 5) is 8.62. The van der Waals surface area contributed by atoms with Crippen LogP contribution in [0.2, 0.25) is 0 Å². The molecule has 7 rings (SSSR count). The van der Waals surface area contributed by atoms with Gasteiger partial charge >= 0.3 is 0 Å². The van der Waals surface area contributed by atoms with Gasteiger partial charge in [-0.05, 0) is 28.6 Å². The van der Waals surface area contributed by atoms with Crippen molar-refractivity contribution in [3.63, 3.8) is 0 Å². The Balaban J connectivity index is 1.65. The van der Waals surface area contributed by atoms with Crippen molar-refractivity contribution in [2.45, 2.75) is 0 Å². The van der Waals surface area contributed by atoms with Crippen LogP contribution in [0, 0.1) is 0 Å². The van der Waals surface area contributed by atoms with Crippen molar-refractivity contribution in [2.24, 2.45) is 0 Å². The molecule has 0 atom stereocenters. The smallest absolute Gasteiger partial charge is 0.158 e. The second kappa shape index (κ2) is 5.71. The van der Waals surface area contributed by atoms with Gasteiger partial charge in [-0.1, -0.05) is 84.9 Å². The molecule has 0 aliphatic carbocycles. The minimum absolute atomic E-state index is 0.928. The third-order valence-electron chi connectivity index (χ3n) is 6.12. The third-order valence-corrected chi connectivity index (χ3v) is 6.12. The van der Waals surface area contributed by atoms with Crippen molar-refractivity contribution in [1.29, 1.82) is 0 Å². The number of para-hydroxylation sites is 1. The summed E-state index contributed by atoms with van der Waals surface area (Å²) in [5.74, 6) is 0. The number of nitrogens with one attached hydrogen (secondary N) is 1. The van der Waals surface area contributed by atoms with Gasteiger partial charge in [-0.2, -0.15) is 0 Å². The number of pyridine rings is 1. The van der Waals surface area contributed by atoms with Crippen LogP contribution in [0.3, 0.4) is 0 Å². The summed E-state index contributed by atoms with van der Waals surface area (Å²) in [5, 5.41) is 4.85. The van der Waals surface area contributed by atoms with Crippen LogP contribution >= 0.6 is 0 Å². The van der Waals surface area contributed by atoms with E-state index in [1.807, 2.05) is 6.07 Å². The van der Waals surface area contributed by atoms with Crippen LogP contribution in [0.4, 0.5) is 0 Å². The van der Waals surface area contributed by atoms with E-state index in [1.54, 1.807) is 0 Å². The molecule has 0 saturated carbocycles. The average Bonchev–Trinajstić information content (AvgIpc) is 3.36. The SMILES string of the molecule is c1ccc(-c2ccc3c(c2)[nH]c2nc4c5ccccc5c5ccccc5n4c23)cc1. The van der Waals surface area contributed by atoms with Crippen molar-refractivity contribution in [1.82, 2.24) is 14.4 Å². The normalized spacial score (nSPS) is 12.0. The van der Waals surface area contributed by atoms with Crippen molar-refractivity contribution in [2.75, 3.05) is 0 Å². The highest BCUT2D eigenvalue weighted by Gasteiger charge is 2.17. The standard InChI is InChI=1S/C27H17N3/c1-2-8-17(9-3-1)18-14-15-22-23(16-18)28-26-25(22)30-24-13-7-6-11-20(24)19-10-4-5-12-21(19)27(30)29-26/h1-16,28H. The van der Waals surface area contributed by atoms with Crippen molar-refractivity contribution in [3.8, 4) is 11.1 Å². The first kappa shape index (κ1) is 15.8. The molecule has 3 heteroatoms. The zero-order valence-corrected chi connectivity index (χ0v) is 16.1. The Hall–Kier alpha value is -4.11. The number of hydrogen-bond acceptors (Lipinski definition) is 1. The fraction of sp³-hybridized carbons (Fsp3) is 0. The van der Waals surface area contributed by atoms with E-state index < -0.39 is 0 Å². The molecule has 140 valence electrons. The zero-order valence-electron chi connectivity index (χ0n) is 16.1. The second-order valence-corrected chi connectivity index (χ2v) is 7.78. The molecule has 3 nitrogen and oxygen atoms in total. The molecular formula is C27H17N3. The van der Waals surface area contributed by atoms with E-state index in [-0.39, 0.29) is 0 Å². The summed E-state index contributed by atoms with van der Waals surface area (Å²) in [6, 6.07) is 34.3. The molecule has 7 aromatic rings. The maximum absolute atomic E-state index is 5.04. The van der Waals surface area contributed by atoms with Crippen LogP contribution in [-0.4, -0.2) is 14.4 Å². The van der Waals surface area contributed by atoms with Gasteiger partial charge in [-0.25, -0.2) is 4.98 Å². The molecule has 30 heavy (non-hydrogen) atoms. The molecule has 0 radical (unpaired) electrons. The topological polar surface area (TPSA) is 33.1 Å². The number of nitrogens with zero attached hydrogens (tertiary/aromatic N) is 2. The largest absolute Gasteiger partial charge is 0.338 e. The lowest BCUT2D eigenvalue weighted by Gasteiger charge is -2.08. The Morgan fingerprint density at radius 1 is 0.600 bits per heavy atom. The van der Waals surface area contributed by atoms with Crippen LogP contribution in [-0.2, 0) is 0 Å². The molecule has 1 N–H and O–H groups in total. The van der Waals surface area contributed by atoms with E-state index in [2.05, 4.69) is 100 Å². The minimum atomic E-state index is 0.928. The molecule has 3 heterocycles. The fourth-order valence-corrected chi connectivity index (χ4v) is 4.77. The summed E-state index contributed by atoms with van der Waals surface area (Å²) in [6.45, 7) is 0. The molecular weight excluding hydrogens is 366 g/mol. The monoisotopic (exact) mass is 383 g/mol. The summed E-state index contributed by atoms with van der Waals surface area (Å²) in [5.41, 5.74) is 7.78. The maximum atomic E-state index is 5.04. The van der Waals surface area contributed by atoms with Crippen LogP contribution in [0.1, 0.15) is 0 Å². The van der Waals surface area contributed by atoms with Gasteiger partial charge in [-0.15, -0.1) is 0 Å². The second-order valence-electron chi connectivity index (χ2n) is 7.78. The van der Waals surface area contributed by atoms with Crippen molar-refractivity contribution >= 4 is 49.4 Å². The number of aromatic nitrogens is 3. The van der Waals surface area contributed by atoms with Gasteiger partial charge < -0.3 is 4.98 Å². The molecule has 0 amide bonds. The van der Waals surface area contributed by atoms with E-state index in [0.717, 1.165) is 22.3 Å². The summed E-state index contributed by atoms with van der Waals surface area (Å²) < 4.78 is 2.31. The lowest BCUT2D eigenvalue weighted by Crippen LogP contribution is -1.91. The molecule has 0 aliphatic heterocycles. The number of fused-ring (bicyclic) bond motifs is 10. The summed E-state index contributed by atoms with van der Waals surface area (Å²) in [7, 11) is 0. The molecule has 0 saturated heterocycles. The van der Waals surface area contributed by atoms with E-state index in [1.165, 1.54) is 38.2 Å². The summed E-state index contributed by atoms with van der Waals surface area (Å²) in [6.07, 6.45) is 0. The Bertz CT molecular complexity index is 1700. The van der Waals surface area contributed by atoms with Gasteiger partial charge in [0.05, 0.1) is 11.0 Å². The zero-order chi connectivity index (χ0) is 19.7. The molecule has 0 fully saturated rings. The molecule has 0 spiro atoms. The highest BCUT2D eigenvalue weighted by Crippen LogP contribution is 2.35. The quantitative estimate of drug-likeness (QED) is 0.306. The molecule has 0 unspecified atom stereocenters.